The van der Waals surface area contributed by atoms with Gasteiger partial charge in [-0.05, 0) is 55.7 Å². The number of aromatic nitrogens is 1. The average molecular weight is 593 g/mol. The zero-order valence-corrected chi connectivity index (χ0v) is 25.3. The Kier molecular flexibility index (Phi) is 9.96. The molecule has 5 rings (SSSR count). The third-order valence-corrected chi connectivity index (χ3v) is 7.95. The fraction of sp³-hybridized carbons (Fsp3) is 0.469. The maximum absolute atomic E-state index is 13.4. The van der Waals surface area contributed by atoms with Crippen LogP contribution < -0.4 is 14.8 Å². The van der Waals surface area contributed by atoms with E-state index in [-0.39, 0.29) is 36.9 Å². The Hall–Kier alpha value is -3.93. The molecule has 2 atom stereocenters. The summed E-state index contributed by atoms with van der Waals surface area (Å²) in [5.74, 6) is 2.23. The summed E-state index contributed by atoms with van der Waals surface area (Å²) in [6.07, 6.45) is 0.450. The van der Waals surface area contributed by atoms with E-state index in [9.17, 15) is 9.59 Å². The predicted octanol–water partition coefficient (Wildman–Crippen LogP) is 3.40. The molecular weight excluding hydrogens is 552 g/mol. The normalized spacial score (nSPS) is 20.1. The van der Waals surface area contributed by atoms with Crippen LogP contribution in [0, 0.1) is 13.8 Å². The molecule has 1 aromatic heterocycles. The highest BCUT2D eigenvalue weighted by Gasteiger charge is 2.36. The molecule has 1 saturated heterocycles. The zero-order valence-electron chi connectivity index (χ0n) is 25.3. The van der Waals surface area contributed by atoms with E-state index in [0.29, 0.717) is 63.1 Å². The molecule has 0 saturated carbocycles. The van der Waals surface area contributed by atoms with Crippen LogP contribution in [0.25, 0.3) is 0 Å². The van der Waals surface area contributed by atoms with Crippen molar-refractivity contribution in [2.45, 2.75) is 52.0 Å². The molecule has 3 heterocycles. The van der Waals surface area contributed by atoms with Crippen molar-refractivity contribution in [2.75, 3.05) is 47.0 Å². The number of benzene rings is 2. The van der Waals surface area contributed by atoms with Crippen LogP contribution >= 0.6 is 0 Å². The van der Waals surface area contributed by atoms with Gasteiger partial charge >= 0.3 is 0 Å². The molecule has 2 amide bonds. The first-order chi connectivity index (χ1) is 20.8. The Labute approximate surface area is 252 Å². The van der Waals surface area contributed by atoms with Crippen LogP contribution in [0.3, 0.4) is 0 Å². The van der Waals surface area contributed by atoms with E-state index in [0.717, 1.165) is 28.1 Å². The Bertz CT molecular complexity index is 1400. The molecule has 43 heavy (non-hydrogen) atoms. The number of nitrogens with one attached hydrogen (secondary N) is 1. The van der Waals surface area contributed by atoms with E-state index >= 15 is 0 Å². The molecule has 0 spiro atoms. The number of likely N-dealkylation sites (tertiary alicyclic amines) is 1. The summed E-state index contributed by atoms with van der Waals surface area (Å²) < 4.78 is 28.8. The Morgan fingerprint density at radius 3 is 2.67 bits per heavy atom. The first-order valence-corrected chi connectivity index (χ1v) is 14.6. The van der Waals surface area contributed by atoms with E-state index in [1.54, 1.807) is 19.1 Å². The molecule has 1 N–H and O–H groups in total. The molecular formula is C32H40N4O7. The van der Waals surface area contributed by atoms with Crippen molar-refractivity contribution in [3.05, 3.63) is 70.6 Å². The summed E-state index contributed by atoms with van der Waals surface area (Å²) in [5.41, 5.74) is 3.76. The number of nitrogens with zero attached hydrogens (tertiary/aromatic N) is 3. The third-order valence-electron chi connectivity index (χ3n) is 7.95. The summed E-state index contributed by atoms with van der Waals surface area (Å²) in [6.45, 7) is 6.59. The maximum atomic E-state index is 13.4. The number of carbonyl (C=O) groups is 2. The highest BCUT2D eigenvalue weighted by atomic mass is 16.5. The molecule has 3 aromatic rings. The second kappa shape index (κ2) is 14.0. The highest BCUT2D eigenvalue weighted by Crippen LogP contribution is 2.33. The van der Waals surface area contributed by atoms with E-state index in [1.165, 1.54) is 0 Å². The fourth-order valence-corrected chi connectivity index (χ4v) is 5.55. The molecule has 2 aromatic carbocycles. The van der Waals surface area contributed by atoms with Crippen molar-refractivity contribution in [3.63, 3.8) is 0 Å². The molecule has 2 aliphatic rings. The van der Waals surface area contributed by atoms with Crippen LogP contribution in [0.2, 0.25) is 0 Å². The average Bonchev–Trinajstić information content (AvgIpc) is 3.53. The lowest BCUT2D eigenvalue weighted by molar-refractivity contribution is -0.137. The van der Waals surface area contributed by atoms with E-state index < -0.39 is 0 Å². The van der Waals surface area contributed by atoms with Gasteiger partial charge in [-0.1, -0.05) is 23.4 Å². The van der Waals surface area contributed by atoms with Crippen molar-refractivity contribution >= 4 is 11.8 Å². The predicted molar refractivity (Wildman–Crippen MR) is 158 cm³/mol. The Balaban J connectivity index is 1.41. The van der Waals surface area contributed by atoms with Gasteiger partial charge in [0, 0.05) is 45.3 Å². The minimum atomic E-state index is -0.271. The van der Waals surface area contributed by atoms with Crippen LogP contribution in [0.5, 0.6) is 17.2 Å². The third kappa shape index (κ3) is 7.73. The lowest BCUT2D eigenvalue weighted by Crippen LogP contribution is -2.49. The van der Waals surface area contributed by atoms with E-state index in [4.69, 9.17) is 23.5 Å². The largest absolute Gasteiger partial charge is 0.493 e. The molecule has 0 radical (unpaired) electrons. The monoisotopic (exact) mass is 592 g/mol. The fourth-order valence-electron chi connectivity index (χ4n) is 5.55. The van der Waals surface area contributed by atoms with Gasteiger partial charge in [0.1, 0.15) is 11.5 Å². The first kappa shape index (κ1) is 30.5. The van der Waals surface area contributed by atoms with Gasteiger partial charge in [0.15, 0.2) is 11.5 Å². The van der Waals surface area contributed by atoms with Gasteiger partial charge in [-0.15, -0.1) is 0 Å². The van der Waals surface area contributed by atoms with Crippen molar-refractivity contribution in [1.82, 2.24) is 20.3 Å². The van der Waals surface area contributed by atoms with Gasteiger partial charge in [-0.25, -0.2) is 0 Å². The number of amides is 2. The van der Waals surface area contributed by atoms with Gasteiger partial charge in [-0.2, -0.15) is 0 Å². The SMILES string of the molecule is COCCN1CC(=O)N[C@H]2CN(Cc3c(C)noc3C)C[C@@H]2OCc2cccc(c2)Oc2cc(ccc2OC)CCC1=O. The second-order valence-electron chi connectivity index (χ2n) is 11.1. The quantitative estimate of drug-likeness (QED) is 0.460. The number of aryl methyl sites for hydroxylation is 3. The topological polar surface area (TPSA) is 116 Å². The lowest BCUT2D eigenvalue weighted by Gasteiger charge is -2.25. The zero-order chi connectivity index (χ0) is 30.3. The number of methoxy groups -OCH3 is 2. The molecule has 11 nitrogen and oxygen atoms in total. The first-order valence-electron chi connectivity index (χ1n) is 14.6. The van der Waals surface area contributed by atoms with Gasteiger partial charge < -0.3 is 33.7 Å². The molecule has 230 valence electrons. The number of hydrogen-bond acceptors (Lipinski definition) is 9. The van der Waals surface area contributed by atoms with Crippen LogP contribution in [0.4, 0.5) is 0 Å². The van der Waals surface area contributed by atoms with Crippen molar-refractivity contribution < 1.29 is 33.1 Å². The summed E-state index contributed by atoms with van der Waals surface area (Å²) in [7, 11) is 3.18. The van der Waals surface area contributed by atoms with E-state index in [1.807, 2.05) is 56.3 Å². The van der Waals surface area contributed by atoms with Gasteiger partial charge in [0.2, 0.25) is 11.8 Å². The highest BCUT2D eigenvalue weighted by molar-refractivity contribution is 5.85. The van der Waals surface area contributed by atoms with Crippen molar-refractivity contribution in [3.8, 4) is 17.2 Å². The Morgan fingerprint density at radius 1 is 1.05 bits per heavy atom. The number of carbonyl (C=O) groups excluding carboxylic acids is 2. The number of fused-ring (bicyclic) bond motifs is 5. The minimum absolute atomic E-state index is 0.0612. The molecule has 11 heteroatoms. The van der Waals surface area contributed by atoms with Gasteiger partial charge in [0.05, 0.1) is 44.7 Å². The molecule has 1 fully saturated rings. The summed E-state index contributed by atoms with van der Waals surface area (Å²) >= 11 is 0. The number of rotatable bonds is 6. The maximum Gasteiger partial charge on any atom is 0.239 e. The van der Waals surface area contributed by atoms with Crippen molar-refractivity contribution in [2.24, 2.45) is 0 Å². The molecule has 4 bridgehead atoms. The summed E-state index contributed by atoms with van der Waals surface area (Å²) in [5, 5.41) is 7.24. The standard InChI is InChI=1S/C32H40N4O7/c1-21-26(22(2)43-34-21)16-35-17-27-30(18-35)41-20-24-6-5-7-25(14-24)42-29-15-23(8-10-28(29)40-4)9-11-32(38)36(12-13-39-3)19-31(37)33-27/h5-8,10,14-15,27,30H,9,11-13,16-20H2,1-4H3,(H,33,37)/t27-,30-/m0/s1. The van der Waals surface area contributed by atoms with Crippen LogP contribution in [0.1, 0.15) is 34.6 Å². The van der Waals surface area contributed by atoms with Gasteiger partial charge in [0.25, 0.3) is 0 Å². The summed E-state index contributed by atoms with van der Waals surface area (Å²) in [4.78, 5) is 30.4. The smallest absolute Gasteiger partial charge is 0.239 e. The Morgan fingerprint density at radius 2 is 1.91 bits per heavy atom. The van der Waals surface area contributed by atoms with E-state index in [2.05, 4.69) is 15.4 Å². The lowest BCUT2D eigenvalue weighted by atomic mass is 10.1. The van der Waals surface area contributed by atoms with Crippen molar-refractivity contribution in [1.29, 1.82) is 0 Å². The number of hydrogen-bond donors (Lipinski definition) is 1. The minimum Gasteiger partial charge on any atom is -0.493 e. The summed E-state index contributed by atoms with van der Waals surface area (Å²) in [6, 6.07) is 13.1. The second-order valence-corrected chi connectivity index (χ2v) is 11.1. The number of ether oxygens (including phenoxy) is 4. The van der Waals surface area contributed by atoms with Crippen LogP contribution in [-0.4, -0.2) is 85.9 Å². The van der Waals surface area contributed by atoms with Crippen LogP contribution in [0.15, 0.2) is 47.0 Å². The molecule has 0 aliphatic carbocycles. The van der Waals surface area contributed by atoms with Crippen LogP contribution in [-0.2, 0) is 38.6 Å². The molecule has 2 aliphatic heterocycles. The van der Waals surface area contributed by atoms with Gasteiger partial charge in [-0.3, -0.25) is 14.5 Å². The molecule has 0 unspecified atom stereocenters.